The van der Waals surface area contributed by atoms with Gasteiger partial charge in [-0.2, -0.15) is 0 Å². The largest absolute Gasteiger partial charge is 0.296 e. The summed E-state index contributed by atoms with van der Waals surface area (Å²) in [6.07, 6.45) is 1.84. The van der Waals surface area contributed by atoms with Crippen LogP contribution in [0.2, 0.25) is 0 Å². The third-order valence-electron chi connectivity index (χ3n) is 5.86. The molecule has 0 bridgehead atoms. The van der Waals surface area contributed by atoms with Crippen LogP contribution in [0.1, 0.15) is 31.9 Å². The first-order chi connectivity index (χ1) is 14.3. The van der Waals surface area contributed by atoms with Crippen LogP contribution in [0.25, 0.3) is 44.2 Å². The first kappa shape index (κ1) is 18.6. The van der Waals surface area contributed by atoms with Crippen molar-refractivity contribution in [2.24, 2.45) is 7.05 Å². The number of aromatic nitrogens is 4. The number of aryl methyl sites for hydroxylation is 2. The molecule has 0 radical (unpaired) electrons. The van der Waals surface area contributed by atoms with E-state index in [-0.39, 0.29) is 5.41 Å². The van der Waals surface area contributed by atoms with Gasteiger partial charge in [0.2, 0.25) is 0 Å². The van der Waals surface area contributed by atoms with Crippen LogP contribution >= 0.6 is 0 Å². The number of hydrogen-bond acceptors (Lipinski definition) is 3. The fourth-order valence-electron chi connectivity index (χ4n) is 4.31. The summed E-state index contributed by atoms with van der Waals surface area (Å²) in [6, 6.07) is 19.0. The molecule has 0 fully saturated rings. The molecule has 0 N–H and O–H groups in total. The lowest BCUT2D eigenvalue weighted by Crippen LogP contribution is -2.32. The van der Waals surface area contributed by atoms with Crippen molar-refractivity contribution in [1.29, 1.82) is 0 Å². The van der Waals surface area contributed by atoms with Gasteiger partial charge in [-0.05, 0) is 57.4 Å². The van der Waals surface area contributed by atoms with E-state index >= 15 is 0 Å². The molecule has 0 aliphatic heterocycles. The maximum Gasteiger partial charge on any atom is 0.296 e. The van der Waals surface area contributed by atoms with Gasteiger partial charge in [-0.15, -0.1) is 0 Å². The quantitative estimate of drug-likeness (QED) is 0.282. The van der Waals surface area contributed by atoms with E-state index in [1.165, 1.54) is 27.5 Å². The van der Waals surface area contributed by atoms with Crippen LogP contribution in [-0.2, 0) is 12.5 Å². The van der Waals surface area contributed by atoms with E-state index in [1.54, 1.807) is 0 Å². The number of fused-ring (bicyclic) bond motifs is 3. The molecule has 148 valence electrons. The molecular weight excluding hydrogens is 368 g/mol. The number of benzene rings is 3. The molecule has 5 rings (SSSR count). The van der Waals surface area contributed by atoms with Crippen LogP contribution in [-0.4, -0.2) is 15.0 Å². The molecule has 30 heavy (non-hydrogen) atoms. The maximum atomic E-state index is 4.98. The summed E-state index contributed by atoms with van der Waals surface area (Å²) in [5.41, 5.74) is 8.07. The monoisotopic (exact) mass is 393 g/mol. The number of rotatable bonds is 1. The third-order valence-corrected chi connectivity index (χ3v) is 5.86. The van der Waals surface area contributed by atoms with E-state index in [9.17, 15) is 0 Å². The minimum atomic E-state index is 0.0157. The molecule has 5 aromatic rings. The first-order valence-corrected chi connectivity index (χ1v) is 10.3. The summed E-state index contributed by atoms with van der Waals surface area (Å²) in [4.78, 5) is 14.3. The van der Waals surface area contributed by atoms with Gasteiger partial charge in [0.25, 0.3) is 12.0 Å². The highest BCUT2D eigenvalue weighted by atomic mass is 15.0. The number of hydrogen-bond donors (Lipinski definition) is 0. The highest BCUT2D eigenvalue weighted by molar-refractivity contribution is 5.98. The van der Waals surface area contributed by atoms with Crippen LogP contribution in [0.15, 0.2) is 60.9 Å². The number of nitrogens with zero attached hydrogens (tertiary/aromatic N) is 4. The average Bonchev–Trinajstić information content (AvgIpc) is 2.72. The third kappa shape index (κ3) is 2.83. The molecule has 0 atom stereocenters. The fraction of sp³-hybridized carbons (Fsp3) is 0.231. The zero-order valence-electron chi connectivity index (χ0n) is 18.1. The lowest BCUT2D eigenvalue weighted by molar-refractivity contribution is -0.662. The van der Waals surface area contributed by atoms with Crippen molar-refractivity contribution in [1.82, 2.24) is 15.0 Å². The highest BCUT2D eigenvalue weighted by Gasteiger charge is 2.25. The summed E-state index contributed by atoms with van der Waals surface area (Å²) >= 11 is 0. The topological polar surface area (TPSA) is 42.6 Å². The summed E-state index contributed by atoms with van der Waals surface area (Å²) in [7, 11) is 2.03. The second-order valence-electron chi connectivity index (χ2n) is 8.98. The molecule has 2 heterocycles. The molecule has 2 aromatic heterocycles. The standard InChI is InChI=1S/C26H25N4/c1-16-17-10-6-7-11-18(17)20(26(2,3)4)14-19(16)24-23-25(27-15-30(24)5)29-22-13-9-8-12-21(22)28-23/h6-15H,1-5H3/q+1. The summed E-state index contributed by atoms with van der Waals surface area (Å²) < 4.78 is 2.06. The van der Waals surface area contributed by atoms with Crippen LogP contribution < -0.4 is 4.57 Å². The van der Waals surface area contributed by atoms with Gasteiger partial charge < -0.3 is 0 Å². The minimum Gasteiger partial charge on any atom is -0.236 e. The lowest BCUT2D eigenvalue weighted by atomic mass is 9.80. The molecule has 0 unspecified atom stereocenters. The predicted molar refractivity (Wildman–Crippen MR) is 122 cm³/mol. The Kier molecular flexibility index (Phi) is 4.07. The zero-order chi connectivity index (χ0) is 21.0. The SMILES string of the molecule is Cc1c(-c2c3nc4ccccc4nc3nc[n+]2C)cc(C(C)(C)C)c2ccccc12. The molecule has 0 saturated carbocycles. The Morgan fingerprint density at radius 1 is 0.833 bits per heavy atom. The van der Waals surface area contributed by atoms with E-state index < -0.39 is 0 Å². The van der Waals surface area contributed by atoms with Crippen LogP contribution in [0, 0.1) is 6.92 Å². The Morgan fingerprint density at radius 2 is 1.47 bits per heavy atom. The van der Waals surface area contributed by atoms with Gasteiger partial charge in [0, 0.05) is 5.56 Å². The van der Waals surface area contributed by atoms with Gasteiger partial charge in [0.15, 0.2) is 11.2 Å². The summed E-state index contributed by atoms with van der Waals surface area (Å²) in [5, 5.41) is 2.59. The molecule has 0 spiro atoms. The van der Waals surface area contributed by atoms with Crippen LogP contribution in [0.5, 0.6) is 0 Å². The van der Waals surface area contributed by atoms with Gasteiger partial charge in [0.1, 0.15) is 0 Å². The second kappa shape index (κ2) is 6.56. The molecule has 0 aliphatic carbocycles. The van der Waals surface area contributed by atoms with Crippen molar-refractivity contribution in [3.8, 4) is 11.3 Å². The Morgan fingerprint density at radius 3 is 2.17 bits per heavy atom. The normalized spacial score (nSPS) is 12.2. The van der Waals surface area contributed by atoms with E-state index in [4.69, 9.17) is 9.97 Å². The summed E-state index contributed by atoms with van der Waals surface area (Å²) in [6.45, 7) is 9.01. The second-order valence-corrected chi connectivity index (χ2v) is 8.98. The Labute approximate surface area is 176 Å². The van der Waals surface area contributed by atoms with Gasteiger partial charge in [-0.1, -0.05) is 57.2 Å². The molecule has 4 heteroatoms. The van der Waals surface area contributed by atoms with E-state index in [1.807, 2.05) is 37.6 Å². The average molecular weight is 394 g/mol. The van der Waals surface area contributed by atoms with Gasteiger partial charge in [0.05, 0.1) is 18.1 Å². The minimum absolute atomic E-state index is 0.0157. The smallest absolute Gasteiger partial charge is 0.236 e. The van der Waals surface area contributed by atoms with Gasteiger partial charge in [-0.3, -0.25) is 0 Å². The predicted octanol–water partition coefficient (Wildman–Crippen LogP) is 5.43. The van der Waals surface area contributed by atoms with Gasteiger partial charge in [-0.25, -0.2) is 14.5 Å². The van der Waals surface area contributed by atoms with E-state index in [0.29, 0.717) is 5.65 Å². The first-order valence-electron chi connectivity index (χ1n) is 10.3. The Balaban J connectivity index is 1.94. The molecule has 4 nitrogen and oxygen atoms in total. The van der Waals surface area contributed by atoms with E-state index in [2.05, 4.69) is 67.6 Å². The van der Waals surface area contributed by atoms with Crippen molar-refractivity contribution in [2.75, 3.05) is 0 Å². The summed E-state index contributed by atoms with van der Waals surface area (Å²) in [5.74, 6) is 0. The van der Waals surface area contributed by atoms with Crippen LogP contribution in [0.4, 0.5) is 0 Å². The number of para-hydroxylation sites is 2. The highest BCUT2D eigenvalue weighted by Crippen LogP contribution is 2.38. The molecular formula is C26H25N4+. The van der Waals surface area contributed by atoms with Crippen molar-refractivity contribution in [2.45, 2.75) is 33.1 Å². The van der Waals surface area contributed by atoms with Crippen molar-refractivity contribution < 1.29 is 4.57 Å². The Bertz CT molecular complexity index is 1450. The molecule has 0 aliphatic rings. The lowest BCUT2D eigenvalue weighted by Gasteiger charge is -2.24. The van der Waals surface area contributed by atoms with Crippen molar-refractivity contribution >= 4 is 33.0 Å². The van der Waals surface area contributed by atoms with Crippen molar-refractivity contribution in [3.63, 3.8) is 0 Å². The zero-order valence-corrected chi connectivity index (χ0v) is 18.1. The van der Waals surface area contributed by atoms with E-state index in [0.717, 1.165) is 22.2 Å². The van der Waals surface area contributed by atoms with Crippen molar-refractivity contribution in [3.05, 3.63) is 72.1 Å². The molecule has 0 saturated heterocycles. The maximum absolute atomic E-state index is 4.98. The molecule has 3 aromatic carbocycles. The Hall–Kier alpha value is -3.40. The fourth-order valence-corrected chi connectivity index (χ4v) is 4.31. The molecule has 0 amide bonds. The van der Waals surface area contributed by atoms with Gasteiger partial charge >= 0.3 is 0 Å². The van der Waals surface area contributed by atoms with Crippen LogP contribution in [0.3, 0.4) is 0 Å².